The van der Waals surface area contributed by atoms with E-state index in [9.17, 15) is 5.11 Å². The first kappa shape index (κ1) is 14.7. The lowest BCUT2D eigenvalue weighted by molar-refractivity contribution is 0.445. The molecule has 0 aliphatic carbocycles. The van der Waals surface area contributed by atoms with Gasteiger partial charge in [0.25, 0.3) is 0 Å². The van der Waals surface area contributed by atoms with Gasteiger partial charge in [-0.05, 0) is 29.4 Å². The minimum absolute atomic E-state index is 0.0621. The number of hydrogen-bond donors (Lipinski definition) is 1. The maximum absolute atomic E-state index is 10.3. The van der Waals surface area contributed by atoms with Crippen LogP contribution in [0.4, 0.5) is 0 Å². The Morgan fingerprint density at radius 2 is 1.89 bits per heavy atom. The summed E-state index contributed by atoms with van der Waals surface area (Å²) in [6.45, 7) is 10.8. The normalized spacial score (nSPS) is 12.6. The minimum Gasteiger partial charge on any atom is -0.507 e. The fourth-order valence-electron chi connectivity index (χ4n) is 2.12. The molecule has 0 aliphatic rings. The first-order valence-corrected chi connectivity index (χ1v) is 6.54. The molecular weight excluding hydrogens is 222 g/mol. The molecule has 0 radical (unpaired) electrons. The van der Waals surface area contributed by atoms with Crippen LogP contribution in [0.3, 0.4) is 0 Å². The molecule has 0 heterocycles. The monoisotopic (exact) mass is 247 g/mol. The van der Waals surface area contributed by atoms with E-state index in [2.05, 4.69) is 45.7 Å². The van der Waals surface area contributed by atoms with Gasteiger partial charge in [0.05, 0.1) is 0 Å². The summed E-state index contributed by atoms with van der Waals surface area (Å²) < 4.78 is 0. The van der Waals surface area contributed by atoms with Gasteiger partial charge in [-0.3, -0.25) is 4.99 Å². The first-order chi connectivity index (χ1) is 8.25. The topological polar surface area (TPSA) is 32.6 Å². The van der Waals surface area contributed by atoms with E-state index in [1.54, 1.807) is 13.3 Å². The SMILES string of the molecule is CN=Cc1cc(CC(C)C)cc(C(C)(C)C)c1O. The van der Waals surface area contributed by atoms with Crippen LogP contribution >= 0.6 is 0 Å². The van der Waals surface area contributed by atoms with Crippen LogP contribution in [0.1, 0.15) is 51.3 Å². The summed E-state index contributed by atoms with van der Waals surface area (Å²) in [5.41, 5.74) is 3.02. The molecule has 1 aromatic rings. The minimum atomic E-state index is -0.0621. The van der Waals surface area contributed by atoms with Crippen molar-refractivity contribution in [1.29, 1.82) is 0 Å². The second kappa shape index (κ2) is 5.55. The molecule has 0 atom stereocenters. The highest BCUT2D eigenvalue weighted by molar-refractivity contribution is 5.84. The Morgan fingerprint density at radius 1 is 1.28 bits per heavy atom. The van der Waals surface area contributed by atoms with Gasteiger partial charge < -0.3 is 5.11 Å². The maximum atomic E-state index is 10.3. The lowest BCUT2D eigenvalue weighted by Crippen LogP contribution is -2.13. The van der Waals surface area contributed by atoms with E-state index in [1.807, 2.05) is 6.07 Å². The summed E-state index contributed by atoms with van der Waals surface area (Å²) >= 11 is 0. The highest BCUT2D eigenvalue weighted by Crippen LogP contribution is 2.34. The Balaban J connectivity index is 3.37. The Hall–Kier alpha value is -1.31. The second-order valence-electron chi connectivity index (χ2n) is 6.32. The molecular formula is C16H25NO. The Labute approximate surface area is 111 Å². The summed E-state index contributed by atoms with van der Waals surface area (Å²) in [7, 11) is 1.73. The van der Waals surface area contributed by atoms with Gasteiger partial charge in [-0.1, -0.05) is 40.7 Å². The summed E-state index contributed by atoms with van der Waals surface area (Å²) in [6, 6.07) is 4.17. The lowest BCUT2D eigenvalue weighted by Gasteiger charge is -2.23. The summed E-state index contributed by atoms with van der Waals surface area (Å²) in [5, 5.41) is 10.3. The van der Waals surface area contributed by atoms with Gasteiger partial charge >= 0.3 is 0 Å². The van der Waals surface area contributed by atoms with Crippen LogP contribution in [-0.2, 0) is 11.8 Å². The molecule has 0 aliphatic heterocycles. The molecule has 0 fully saturated rings. The molecule has 0 saturated carbocycles. The van der Waals surface area contributed by atoms with Crippen molar-refractivity contribution in [3.63, 3.8) is 0 Å². The van der Waals surface area contributed by atoms with E-state index < -0.39 is 0 Å². The third kappa shape index (κ3) is 3.59. The molecule has 18 heavy (non-hydrogen) atoms. The molecule has 1 rings (SSSR count). The average molecular weight is 247 g/mol. The van der Waals surface area contributed by atoms with Gasteiger partial charge in [-0.2, -0.15) is 0 Å². The van der Waals surface area contributed by atoms with Crippen molar-refractivity contribution in [3.05, 3.63) is 28.8 Å². The standard InChI is InChI=1S/C16H25NO/c1-11(2)7-12-8-13(10-17-6)15(18)14(9-12)16(3,4)5/h8-11,18H,7H2,1-6H3. The number of phenolic OH excluding ortho intramolecular Hbond substituents is 1. The lowest BCUT2D eigenvalue weighted by atomic mass is 9.83. The van der Waals surface area contributed by atoms with E-state index in [0.717, 1.165) is 17.5 Å². The molecule has 2 heteroatoms. The van der Waals surface area contributed by atoms with Crippen molar-refractivity contribution >= 4 is 6.21 Å². The molecule has 0 unspecified atom stereocenters. The molecule has 0 saturated heterocycles. The zero-order chi connectivity index (χ0) is 13.9. The van der Waals surface area contributed by atoms with Crippen LogP contribution in [0.5, 0.6) is 5.75 Å². The Bertz CT molecular complexity index is 439. The van der Waals surface area contributed by atoms with Crippen LogP contribution < -0.4 is 0 Å². The van der Waals surface area contributed by atoms with Gasteiger partial charge in [-0.15, -0.1) is 0 Å². The van der Waals surface area contributed by atoms with Crippen LogP contribution in [0.2, 0.25) is 0 Å². The molecule has 1 N–H and O–H groups in total. The van der Waals surface area contributed by atoms with E-state index in [4.69, 9.17) is 0 Å². The number of hydrogen-bond acceptors (Lipinski definition) is 2. The molecule has 2 nitrogen and oxygen atoms in total. The Morgan fingerprint density at radius 3 is 2.33 bits per heavy atom. The van der Waals surface area contributed by atoms with Gasteiger partial charge in [0, 0.05) is 24.4 Å². The zero-order valence-electron chi connectivity index (χ0n) is 12.4. The molecule has 0 amide bonds. The third-order valence-corrected chi connectivity index (χ3v) is 2.92. The number of rotatable bonds is 3. The van der Waals surface area contributed by atoms with Crippen molar-refractivity contribution in [2.75, 3.05) is 7.05 Å². The van der Waals surface area contributed by atoms with Crippen LogP contribution in [-0.4, -0.2) is 18.4 Å². The van der Waals surface area contributed by atoms with E-state index in [0.29, 0.717) is 11.7 Å². The first-order valence-electron chi connectivity index (χ1n) is 6.54. The highest BCUT2D eigenvalue weighted by Gasteiger charge is 2.21. The summed E-state index contributed by atoms with van der Waals surface area (Å²) in [4.78, 5) is 4.03. The average Bonchev–Trinajstić information content (AvgIpc) is 2.20. The van der Waals surface area contributed by atoms with Crippen LogP contribution in [0, 0.1) is 5.92 Å². The summed E-state index contributed by atoms with van der Waals surface area (Å²) in [6.07, 6.45) is 2.75. The Kier molecular flexibility index (Phi) is 4.55. The summed E-state index contributed by atoms with van der Waals surface area (Å²) in [5.74, 6) is 0.967. The van der Waals surface area contributed by atoms with Crippen molar-refractivity contribution < 1.29 is 5.11 Å². The fourth-order valence-corrected chi connectivity index (χ4v) is 2.12. The van der Waals surface area contributed by atoms with Crippen LogP contribution in [0.15, 0.2) is 17.1 Å². The van der Waals surface area contributed by atoms with Gasteiger partial charge in [-0.25, -0.2) is 0 Å². The van der Waals surface area contributed by atoms with Crippen molar-refractivity contribution in [3.8, 4) is 5.75 Å². The van der Waals surface area contributed by atoms with Crippen molar-refractivity contribution in [2.24, 2.45) is 10.9 Å². The third-order valence-electron chi connectivity index (χ3n) is 2.92. The van der Waals surface area contributed by atoms with Gasteiger partial charge in [0.15, 0.2) is 0 Å². The van der Waals surface area contributed by atoms with Crippen molar-refractivity contribution in [1.82, 2.24) is 0 Å². The predicted octanol–water partition coefficient (Wildman–Crippen LogP) is 3.94. The maximum Gasteiger partial charge on any atom is 0.128 e. The quantitative estimate of drug-likeness (QED) is 0.806. The number of aromatic hydroxyl groups is 1. The van der Waals surface area contributed by atoms with Crippen LogP contribution in [0.25, 0.3) is 0 Å². The number of aliphatic imine (C=N–C) groups is 1. The van der Waals surface area contributed by atoms with Gasteiger partial charge in [0.2, 0.25) is 0 Å². The molecule has 100 valence electrons. The van der Waals surface area contributed by atoms with E-state index in [-0.39, 0.29) is 5.41 Å². The number of nitrogens with zero attached hydrogens (tertiary/aromatic N) is 1. The number of phenols is 1. The van der Waals surface area contributed by atoms with Gasteiger partial charge in [0.1, 0.15) is 5.75 Å². The fraction of sp³-hybridized carbons (Fsp3) is 0.562. The largest absolute Gasteiger partial charge is 0.507 e. The van der Waals surface area contributed by atoms with E-state index in [1.165, 1.54) is 5.56 Å². The molecule has 0 spiro atoms. The van der Waals surface area contributed by atoms with Crippen molar-refractivity contribution in [2.45, 2.75) is 46.5 Å². The predicted molar refractivity (Wildman–Crippen MR) is 78.9 cm³/mol. The second-order valence-corrected chi connectivity index (χ2v) is 6.32. The molecule has 0 bridgehead atoms. The smallest absolute Gasteiger partial charge is 0.128 e. The highest BCUT2D eigenvalue weighted by atomic mass is 16.3. The molecule has 0 aromatic heterocycles. The molecule has 1 aromatic carbocycles. The van der Waals surface area contributed by atoms with E-state index >= 15 is 0 Å². The zero-order valence-corrected chi connectivity index (χ0v) is 12.4. The number of benzene rings is 1.